The molecule has 0 bridgehead atoms. The smallest absolute Gasteiger partial charge is 0.309 e. The van der Waals surface area contributed by atoms with Crippen molar-refractivity contribution in [1.29, 1.82) is 0 Å². The Balaban J connectivity index is 2.67. The van der Waals surface area contributed by atoms with Gasteiger partial charge in [-0.15, -0.1) is 6.58 Å². The minimum atomic E-state index is -0.605. The number of hydrogen-bond donors (Lipinski definition) is 1. The number of rotatable bonds is 4. The molecule has 0 aromatic carbocycles. The van der Waals surface area contributed by atoms with Crippen LogP contribution in [0.1, 0.15) is 59.3 Å². The average Bonchev–Trinajstić information content (AvgIpc) is 2.25. The summed E-state index contributed by atoms with van der Waals surface area (Å²) in [7, 11) is 0. The van der Waals surface area contributed by atoms with Gasteiger partial charge in [0.15, 0.2) is 0 Å². The highest BCUT2D eigenvalue weighted by Crippen LogP contribution is 2.47. The summed E-state index contributed by atoms with van der Waals surface area (Å²) in [4.78, 5) is 11.5. The van der Waals surface area contributed by atoms with Crippen molar-refractivity contribution >= 4 is 5.97 Å². The summed E-state index contributed by atoms with van der Waals surface area (Å²) in [5.74, 6) is 0.0606. The lowest BCUT2D eigenvalue weighted by molar-refractivity contribution is -0.152. The third kappa shape index (κ3) is 3.34. The summed E-state index contributed by atoms with van der Waals surface area (Å²) in [5.41, 5.74) is -0.168. The van der Waals surface area contributed by atoms with Crippen molar-refractivity contribution < 1.29 is 9.90 Å². The zero-order valence-corrected chi connectivity index (χ0v) is 11.5. The second kappa shape index (κ2) is 5.24. The second-order valence-corrected chi connectivity index (χ2v) is 6.55. The Kier molecular flexibility index (Phi) is 4.40. The van der Waals surface area contributed by atoms with E-state index < -0.39 is 11.4 Å². The summed E-state index contributed by atoms with van der Waals surface area (Å²) in [6.07, 6.45) is 7.16. The third-order valence-electron chi connectivity index (χ3n) is 4.45. The Morgan fingerprint density at radius 2 is 1.94 bits per heavy atom. The van der Waals surface area contributed by atoms with Crippen LogP contribution in [0.4, 0.5) is 0 Å². The first-order valence-corrected chi connectivity index (χ1v) is 6.66. The van der Waals surface area contributed by atoms with Crippen molar-refractivity contribution in [1.82, 2.24) is 0 Å². The molecule has 17 heavy (non-hydrogen) atoms. The molecule has 1 saturated carbocycles. The molecule has 0 radical (unpaired) electrons. The van der Waals surface area contributed by atoms with Crippen LogP contribution < -0.4 is 0 Å². The number of carbonyl (C=O) groups is 1. The fraction of sp³-hybridized carbons (Fsp3) is 0.800. The van der Waals surface area contributed by atoms with Crippen LogP contribution in [0.5, 0.6) is 0 Å². The van der Waals surface area contributed by atoms with Gasteiger partial charge in [0.1, 0.15) is 0 Å². The van der Waals surface area contributed by atoms with Gasteiger partial charge in [0.05, 0.1) is 5.41 Å². The minimum Gasteiger partial charge on any atom is -0.481 e. The predicted octanol–water partition coefficient (Wildman–Crippen LogP) is 4.26. The van der Waals surface area contributed by atoms with Crippen LogP contribution in [-0.2, 0) is 4.79 Å². The number of aliphatic carboxylic acids is 1. The highest BCUT2D eigenvalue weighted by Gasteiger charge is 2.43. The molecule has 98 valence electrons. The Morgan fingerprint density at radius 1 is 1.41 bits per heavy atom. The van der Waals surface area contributed by atoms with Crippen LogP contribution in [0.15, 0.2) is 12.7 Å². The summed E-state index contributed by atoms with van der Waals surface area (Å²) >= 11 is 0. The van der Waals surface area contributed by atoms with Crippen LogP contribution >= 0.6 is 0 Å². The normalized spacial score (nSPS) is 29.9. The molecule has 1 rings (SSSR count). The van der Waals surface area contributed by atoms with E-state index in [0.717, 1.165) is 38.5 Å². The van der Waals surface area contributed by atoms with E-state index in [1.165, 1.54) is 0 Å². The molecule has 0 heterocycles. The van der Waals surface area contributed by atoms with Gasteiger partial charge in [0, 0.05) is 0 Å². The fourth-order valence-electron chi connectivity index (χ4n) is 2.99. The lowest BCUT2D eigenvalue weighted by atomic mass is 9.63. The Hall–Kier alpha value is -0.790. The van der Waals surface area contributed by atoms with Crippen LogP contribution in [-0.4, -0.2) is 11.1 Å². The quantitative estimate of drug-likeness (QED) is 0.743. The van der Waals surface area contributed by atoms with Crippen molar-refractivity contribution in [3.8, 4) is 0 Å². The Labute approximate surface area is 105 Å². The van der Waals surface area contributed by atoms with Gasteiger partial charge in [-0.05, 0) is 49.9 Å². The van der Waals surface area contributed by atoms with Crippen molar-refractivity contribution in [3.05, 3.63) is 12.7 Å². The van der Waals surface area contributed by atoms with Crippen molar-refractivity contribution in [2.45, 2.75) is 59.3 Å². The summed E-state index contributed by atoms with van der Waals surface area (Å²) < 4.78 is 0. The molecule has 1 fully saturated rings. The van der Waals surface area contributed by atoms with Gasteiger partial charge in [0.2, 0.25) is 0 Å². The molecule has 1 aliphatic rings. The molecule has 0 aliphatic heterocycles. The summed E-state index contributed by atoms with van der Waals surface area (Å²) in [6, 6.07) is 0. The molecule has 2 nitrogen and oxygen atoms in total. The lowest BCUT2D eigenvalue weighted by Gasteiger charge is -2.41. The second-order valence-electron chi connectivity index (χ2n) is 6.55. The Bertz CT molecular complexity index is 278. The zero-order chi connectivity index (χ0) is 13.1. The van der Waals surface area contributed by atoms with Gasteiger partial charge in [-0.3, -0.25) is 4.79 Å². The molecule has 2 heteroatoms. The summed E-state index contributed by atoms with van der Waals surface area (Å²) in [6.45, 7) is 10.5. The highest BCUT2D eigenvalue weighted by molar-refractivity contribution is 5.74. The minimum absolute atomic E-state index is 0.309. The molecular formula is C15H26O2. The maximum Gasteiger partial charge on any atom is 0.309 e. The predicted molar refractivity (Wildman–Crippen MR) is 70.9 cm³/mol. The zero-order valence-electron chi connectivity index (χ0n) is 11.5. The van der Waals surface area contributed by atoms with E-state index in [1.807, 2.05) is 6.08 Å². The van der Waals surface area contributed by atoms with E-state index in [9.17, 15) is 9.90 Å². The fourth-order valence-corrected chi connectivity index (χ4v) is 2.99. The average molecular weight is 238 g/mol. The van der Waals surface area contributed by atoms with Crippen LogP contribution in [0.25, 0.3) is 0 Å². The maximum absolute atomic E-state index is 11.5. The monoisotopic (exact) mass is 238 g/mol. The first-order valence-electron chi connectivity index (χ1n) is 6.66. The van der Waals surface area contributed by atoms with Crippen molar-refractivity contribution in [3.63, 3.8) is 0 Å². The standard InChI is InChI=1S/C15H26O2/c1-5-6-9-15(13(16)17)10-7-12(8-11-15)14(2,3)4/h5,12H,1,6-11H2,2-4H3,(H,16,17). The summed E-state index contributed by atoms with van der Waals surface area (Å²) in [5, 5.41) is 9.47. The van der Waals surface area contributed by atoms with Gasteiger partial charge < -0.3 is 5.11 Å². The van der Waals surface area contributed by atoms with E-state index >= 15 is 0 Å². The molecule has 0 unspecified atom stereocenters. The number of hydrogen-bond acceptors (Lipinski definition) is 1. The molecule has 0 aromatic heterocycles. The van der Waals surface area contributed by atoms with Gasteiger partial charge in [-0.1, -0.05) is 26.8 Å². The SMILES string of the molecule is C=CCCC1(C(=O)O)CCC(C(C)(C)C)CC1. The highest BCUT2D eigenvalue weighted by atomic mass is 16.4. The van der Waals surface area contributed by atoms with E-state index in [0.29, 0.717) is 11.3 Å². The Morgan fingerprint density at radius 3 is 2.29 bits per heavy atom. The molecule has 1 N–H and O–H groups in total. The number of carboxylic acids is 1. The van der Waals surface area contributed by atoms with Crippen molar-refractivity contribution in [2.24, 2.45) is 16.7 Å². The van der Waals surface area contributed by atoms with Gasteiger partial charge in [0.25, 0.3) is 0 Å². The molecule has 0 saturated heterocycles. The lowest BCUT2D eigenvalue weighted by Crippen LogP contribution is -2.38. The molecule has 0 spiro atoms. The van der Waals surface area contributed by atoms with Crippen LogP contribution in [0.2, 0.25) is 0 Å². The van der Waals surface area contributed by atoms with Gasteiger partial charge in [-0.2, -0.15) is 0 Å². The molecular weight excluding hydrogens is 212 g/mol. The van der Waals surface area contributed by atoms with E-state index in [-0.39, 0.29) is 0 Å². The number of allylic oxidation sites excluding steroid dienone is 1. The topological polar surface area (TPSA) is 37.3 Å². The number of carboxylic acid groups (broad SMARTS) is 1. The van der Waals surface area contributed by atoms with Gasteiger partial charge >= 0.3 is 5.97 Å². The van der Waals surface area contributed by atoms with Gasteiger partial charge in [-0.25, -0.2) is 0 Å². The van der Waals surface area contributed by atoms with E-state index in [1.54, 1.807) is 0 Å². The first-order chi connectivity index (χ1) is 7.82. The van der Waals surface area contributed by atoms with E-state index in [2.05, 4.69) is 27.4 Å². The maximum atomic E-state index is 11.5. The molecule has 1 aliphatic carbocycles. The van der Waals surface area contributed by atoms with Crippen molar-refractivity contribution in [2.75, 3.05) is 0 Å². The first kappa shape index (κ1) is 14.3. The van der Waals surface area contributed by atoms with Crippen LogP contribution in [0, 0.1) is 16.7 Å². The third-order valence-corrected chi connectivity index (χ3v) is 4.45. The largest absolute Gasteiger partial charge is 0.481 e. The molecule has 0 amide bonds. The van der Waals surface area contributed by atoms with E-state index in [4.69, 9.17) is 0 Å². The molecule has 0 aromatic rings. The molecule has 0 atom stereocenters. The van der Waals surface area contributed by atoms with Crippen LogP contribution in [0.3, 0.4) is 0 Å².